The molecule has 0 bridgehead atoms. The quantitative estimate of drug-likeness (QED) is 0.418. The van der Waals surface area contributed by atoms with Crippen molar-refractivity contribution in [3.05, 3.63) is 60.2 Å². The number of hydrogen-bond donors (Lipinski definition) is 1. The second-order valence-electron chi connectivity index (χ2n) is 4.71. The summed E-state index contributed by atoms with van der Waals surface area (Å²) in [6.45, 7) is 0.573. The monoisotopic (exact) mass is 375 g/mol. The molecular weight excluding hydrogens is 361 g/mol. The average molecular weight is 375 g/mol. The minimum atomic E-state index is 0.0719. The predicted molar refractivity (Wildman–Crippen MR) is 92.2 cm³/mol. The summed E-state index contributed by atoms with van der Waals surface area (Å²) in [6.07, 6.45) is 0. The van der Waals surface area contributed by atoms with Crippen molar-refractivity contribution in [1.82, 2.24) is 5.32 Å². The van der Waals surface area contributed by atoms with Crippen LogP contribution in [0.15, 0.2) is 54.6 Å². The normalized spacial score (nSPS) is 10.8. The molecule has 1 N–H and O–H groups in total. The van der Waals surface area contributed by atoms with Crippen LogP contribution in [0.3, 0.4) is 0 Å². The van der Waals surface area contributed by atoms with Crippen molar-refractivity contribution in [1.29, 1.82) is 0 Å². The fourth-order valence-corrected chi connectivity index (χ4v) is 2.80. The molecule has 3 rings (SSSR count). The molecule has 0 aromatic heterocycles. The largest absolute Gasteiger partial charge is 0.351 e. The number of halogens is 1. The first-order valence-corrected chi connectivity index (χ1v) is 8.04. The number of alkyl halides is 1. The van der Waals surface area contributed by atoms with E-state index in [1.54, 1.807) is 0 Å². The molecule has 20 heavy (non-hydrogen) atoms. The summed E-state index contributed by atoms with van der Waals surface area (Å²) < 4.78 is 0.487. The first-order valence-electron chi connectivity index (χ1n) is 6.51. The van der Waals surface area contributed by atoms with E-state index >= 15 is 0 Å². The maximum absolute atomic E-state index is 11.5. The van der Waals surface area contributed by atoms with Gasteiger partial charge in [0.25, 0.3) is 0 Å². The lowest BCUT2D eigenvalue weighted by atomic mass is 9.97. The number of rotatable bonds is 3. The number of fused-ring (bicyclic) bond motifs is 2. The fraction of sp³-hybridized carbons (Fsp3) is 0.118. The number of amides is 1. The van der Waals surface area contributed by atoms with Crippen LogP contribution in [0.4, 0.5) is 0 Å². The van der Waals surface area contributed by atoms with Gasteiger partial charge in [-0.2, -0.15) is 0 Å². The highest BCUT2D eigenvalue weighted by molar-refractivity contribution is 14.1. The SMILES string of the molecule is O=C(CI)NCc1c2ccccc2cc2ccccc12. The summed E-state index contributed by atoms with van der Waals surface area (Å²) in [5.74, 6) is 0.0719. The van der Waals surface area contributed by atoms with Crippen molar-refractivity contribution in [3.8, 4) is 0 Å². The first-order chi connectivity index (χ1) is 9.79. The van der Waals surface area contributed by atoms with E-state index in [0.717, 1.165) is 0 Å². The Kier molecular flexibility index (Phi) is 3.87. The van der Waals surface area contributed by atoms with Gasteiger partial charge in [0.15, 0.2) is 0 Å². The molecule has 0 atom stereocenters. The first kappa shape index (κ1) is 13.4. The molecule has 0 radical (unpaired) electrons. The van der Waals surface area contributed by atoms with Crippen LogP contribution in [0.2, 0.25) is 0 Å². The van der Waals surface area contributed by atoms with Crippen LogP contribution in [0.5, 0.6) is 0 Å². The van der Waals surface area contributed by atoms with E-state index in [-0.39, 0.29) is 5.91 Å². The molecule has 0 saturated carbocycles. The van der Waals surface area contributed by atoms with E-state index in [9.17, 15) is 4.79 Å². The Balaban J connectivity index is 2.20. The van der Waals surface area contributed by atoms with E-state index < -0.39 is 0 Å². The Bertz CT molecular complexity index is 728. The smallest absolute Gasteiger partial charge is 0.230 e. The molecule has 0 fully saturated rings. The maximum atomic E-state index is 11.5. The predicted octanol–water partition coefficient (Wildman–Crippen LogP) is 4.04. The van der Waals surface area contributed by atoms with Crippen LogP contribution in [0.25, 0.3) is 21.5 Å². The van der Waals surface area contributed by atoms with E-state index in [2.05, 4.69) is 58.2 Å². The lowest BCUT2D eigenvalue weighted by Crippen LogP contribution is -2.23. The molecule has 0 unspecified atom stereocenters. The lowest BCUT2D eigenvalue weighted by Gasteiger charge is -2.12. The van der Waals surface area contributed by atoms with Crippen molar-refractivity contribution < 1.29 is 4.79 Å². The summed E-state index contributed by atoms with van der Waals surface area (Å²) in [5.41, 5.74) is 1.19. The molecule has 2 nitrogen and oxygen atoms in total. The van der Waals surface area contributed by atoms with Gasteiger partial charge in [0.05, 0.1) is 4.43 Å². The summed E-state index contributed by atoms with van der Waals surface area (Å²) in [7, 11) is 0. The Morgan fingerprint density at radius 1 is 0.950 bits per heavy atom. The summed E-state index contributed by atoms with van der Waals surface area (Å²) in [4.78, 5) is 11.5. The van der Waals surface area contributed by atoms with Crippen LogP contribution in [-0.2, 0) is 11.3 Å². The van der Waals surface area contributed by atoms with Crippen molar-refractivity contribution in [2.45, 2.75) is 6.54 Å². The molecule has 3 aromatic carbocycles. The van der Waals surface area contributed by atoms with Gasteiger partial charge in [0, 0.05) is 6.54 Å². The van der Waals surface area contributed by atoms with Gasteiger partial charge < -0.3 is 5.32 Å². The van der Waals surface area contributed by atoms with Gasteiger partial charge in [0.2, 0.25) is 5.91 Å². The molecule has 0 aliphatic heterocycles. The minimum Gasteiger partial charge on any atom is -0.351 e. The molecular formula is C17H14INO. The number of benzene rings is 3. The van der Waals surface area contributed by atoms with Gasteiger partial charge in [-0.25, -0.2) is 0 Å². The van der Waals surface area contributed by atoms with E-state index in [4.69, 9.17) is 0 Å². The maximum Gasteiger partial charge on any atom is 0.230 e. The Labute approximate surface area is 131 Å². The summed E-state index contributed by atoms with van der Waals surface area (Å²) in [5, 5.41) is 7.83. The highest BCUT2D eigenvalue weighted by Gasteiger charge is 2.08. The molecule has 3 heteroatoms. The molecule has 1 amide bonds. The Morgan fingerprint density at radius 2 is 1.50 bits per heavy atom. The highest BCUT2D eigenvalue weighted by atomic mass is 127. The Morgan fingerprint density at radius 3 is 2.05 bits per heavy atom. The van der Waals surface area contributed by atoms with Crippen molar-refractivity contribution in [2.24, 2.45) is 0 Å². The van der Waals surface area contributed by atoms with Crippen LogP contribution in [0, 0.1) is 0 Å². The number of nitrogens with one attached hydrogen (secondary N) is 1. The second kappa shape index (κ2) is 5.79. The van der Waals surface area contributed by atoms with Gasteiger partial charge in [-0.3, -0.25) is 4.79 Å². The summed E-state index contributed by atoms with van der Waals surface area (Å²) in [6, 6.07) is 18.8. The van der Waals surface area contributed by atoms with Crippen LogP contribution < -0.4 is 5.32 Å². The average Bonchev–Trinajstić information content (AvgIpc) is 2.51. The number of hydrogen-bond acceptors (Lipinski definition) is 1. The van der Waals surface area contributed by atoms with Gasteiger partial charge in [0.1, 0.15) is 0 Å². The standard InChI is InChI=1S/C17H14INO/c18-10-17(20)19-11-16-14-7-3-1-5-12(14)9-13-6-2-4-8-15(13)16/h1-9H,10-11H2,(H,19,20). The molecule has 100 valence electrons. The minimum absolute atomic E-state index is 0.0719. The van der Waals surface area contributed by atoms with Gasteiger partial charge in [-0.05, 0) is 33.2 Å². The highest BCUT2D eigenvalue weighted by Crippen LogP contribution is 2.28. The second-order valence-corrected chi connectivity index (χ2v) is 5.47. The van der Waals surface area contributed by atoms with Crippen molar-refractivity contribution >= 4 is 50.0 Å². The van der Waals surface area contributed by atoms with Crippen molar-refractivity contribution in [2.75, 3.05) is 4.43 Å². The third-order valence-electron chi connectivity index (χ3n) is 3.47. The molecule has 0 saturated heterocycles. The molecule has 0 spiro atoms. The van der Waals surface area contributed by atoms with Crippen LogP contribution in [-0.4, -0.2) is 10.3 Å². The van der Waals surface area contributed by atoms with E-state index in [1.807, 2.05) is 24.3 Å². The third-order valence-corrected chi connectivity index (χ3v) is 4.16. The lowest BCUT2D eigenvalue weighted by molar-refractivity contribution is -0.118. The van der Waals surface area contributed by atoms with E-state index in [0.29, 0.717) is 11.0 Å². The zero-order chi connectivity index (χ0) is 13.9. The van der Waals surface area contributed by atoms with Crippen LogP contribution in [0.1, 0.15) is 5.56 Å². The molecule has 0 heterocycles. The van der Waals surface area contributed by atoms with Gasteiger partial charge in [-0.1, -0.05) is 71.1 Å². The number of carbonyl (C=O) groups excluding carboxylic acids is 1. The van der Waals surface area contributed by atoms with Gasteiger partial charge >= 0.3 is 0 Å². The summed E-state index contributed by atoms with van der Waals surface area (Å²) >= 11 is 2.08. The van der Waals surface area contributed by atoms with Crippen molar-refractivity contribution in [3.63, 3.8) is 0 Å². The third kappa shape index (κ3) is 2.50. The molecule has 3 aromatic rings. The topological polar surface area (TPSA) is 29.1 Å². The Hall–Kier alpha value is -1.62. The number of carbonyl (C=O) groups is 1. The zero-order valence-corrected chi connectivity index (χ0v) is 13.1. The van der Waals surface area contributed by atoms with Gasteiger partial charge in [-0.15, -0.1) is 0 Å². The molecule has 0 aliphatic rings. The van der Waals surface area contributed by atoms with Crippen LogP contribution >= 0.6 is 22.6 Å². The van der Waals surface area contributed by atoms with E-state index in [1.165, 1.54) is 27.1 Å². The molecule has 0 aliphatic carbocycles. The zero-order valence-electron chi connectivity index (χ0n) is 10.9. The fourth-order valence-electron chi connectivity index (χ4n) is 2.53.